The fourth-order valence-corrected chi connectivity index (χ4v) is 1.15. The van der Waals surface area contributed by atoms with Gasteiger partial charge in [0.05, 0.1) is 11.7 Å². The molecule has 1 aromatic carbocycles. The van der Waals surface area contributed by atoms with Crippen molar-refractivity contribution < 1.29 is 4.74 Å². The van der Waals surface area contributed by atoms with Crippen LogP contribution in [0.1, 0.15) is 25.0 Å². The molecule has 0 aliphatic heterocycles. The number of ether oxygens (including phenoxy) is 1. The van der Waals surface area contributed by atoms with Crippen molar-refractivity contribution in [2.75, 3.05) is 0 Å². The van der Waals surface area contributed by atoms with Crippen molar-refractivity contribution >= 4 is 5.71 Å². The van der Waals surface area contributed by atoms with Gasteiger partial charge in [0.1, 0.15) is 17.4 Å². The highest BCUT2D eigenvalue weighted by Gasteiger charge is 2.09. The normalized spacial score (nSPS) is 9.73. The van der Waals surface area contributed by atoms with Crippen LogP contribution >= 0.6 is 0 Å². The summed E-state index contributed by atoms with van der Waals surface area (Å²) in [4.78, 5) is 0. The number of hydrogen-bond donors (Lipinski definition) is 0. The van der Waals surface area contributed by atoms with Gasteiger partial charge in [-0.2, -0.15) is 5.26 Å². The van der Waals surface area contributed by atoms with Gasteiger partial charge in [-0.25, -0.2) is 0 Å². The molecule has 0 unspecified atom stereocenters. The third-order valence-electron chi connectivity index (χ3n) is 1.80. The van der Waals surface area contributed by atoms with E-state index in [0.29, 0.717) is 16.9 Å². The molecule has 0 spiro atoms. The van der Waals surface area contributed by atoms with E-state index in [1.165, 1.54) is 0 Å². The quantitative estimate of drug-likeness (QED) is 0.556. The van der Waals surface area contributed by atoms with Crippen LogP contribution in [-0.4, -0.2) is 11.8 Å². The van der Waals surface area contributed by atoms with Crippen LogP contribution in [0.15, 0.2) is 18.2 Å². The van der Waals surface area contributed by atoms with Crippen LogP contribution in [0.3, 0.4) is 0 Å². The molecular weight excluding hydrogens is 188 g/mol. The lowest BCUT2D eigenvalue weighted by atomic mass is 10.1. The van der Waals surface area contributed by atoms with Gasteiger partial charge < -0.3 is 10.1 Å². The lowest BCUT2D eigenvalue weighted by molar-refractivity contribution is 0.241. The van der Waals surface area contributed by atoms with Crippen molar-refractivity contribution in [3.05, 3.63) is 41.7 Å². The Morgan fingerprint density at radius 3 is 2.67 bits per heavy atom. The molecule has 1 rings (SSSR count). The monoisotopic (exact) mass is 200 g/mol. The molecule has 0 saturated carbocycles. The zero-order chi connectivity index (χ0) is 11.4. The second-order valence-electron chi connectivity index (χ2n) is 3.44. The summed E-state index contributed by atoms with van der Waals surface area (Å²) in [6.07, 6.45) is 0.0141. The van der Waals surface area contributed by atoms with E-state index in [0.717, 1.165) is 0 Å². The average molecular weight is 200 g/mol. The van der Waals surface area contributed by atoms with Crippen LogP contribution in [-0.2, 0) is 0 Å². The minimum absolute atomic E-state index is 0.0141. The van der Waals surface area contributed by atoms with Gasteiger partial charge in [-0.1, -0.05) is 0 Å². The highest BCUT2D eigenvalue weighted by atomic mass is 16.5. The van der Waals surface area contributed by atoms with Gasteiger partial charge >= 0.3 is 0 Å². The second kappa shape index (κ2) is 4.52. The summed E-state index contributed by atoms with van der Waals surface area (Å²) in [6.45, 7) is 7.17. The Labute approximate surface area is 89.8 Å². The maximum atomic E-state index is 9.17. The summed E-state index contributed by atoms with van der Waals surface area (Å²) >= 11 is 0. The summed E-state index contributed by atoms with van der Waals surface area (Å²) in [5.41, 5.74) is 0.877. The summed E-state index contributed by atoms with van der Waals surface area (Å²) in [7, 11) is 0. The van der Waals surface area contributed by atoms with Crippen molar-refractivity contribution in [3.63, 3.8) is 0 Å². The largest absolute Gasteiger partial charge is 0.765 e. The van der Waals surface area contributed by atoms with Gasteiger partial charge in [0, 0.05) is 30.8 Å². The Morgan fingerprint density at radius 1 is 1.53 bits per heavy atom. The van der Waals surface area contributed by atoms with E-state index >= 15 is 0 Å². The zero-order valence-electron chi connectivity index (χ0n) is 8.82. The Kier molecular flexibility index (Phi) is 3.35. The first kappa shape index (κ1) is 11.1. The number of hydrogen-bond acceptors (Lipinski definition) is 2. The third kappa shape index (κ3) is 2.75. The Balaban J connectivity index is 3.11. The van der Waals surface area contributed by atoms with Gasteiger partial charge in [0.25, 0.3) is 0 Å². The van der Waals surface area contributed by atoms with Gasteiger partial charge in [0.2, 0.25) is 0 Å². The van der Waals surface area contributed by atoms with E-state index in [1.54, 1.807) is 18.2 Å². The van der Waals surface area contributed by atoms with Crippen molar-refractivity contribution in [1.29, 1.82) is 5.26 Å². The molecule has 0 radical (unpaired) electrons. The lowest BCUT2D eigenvalue weighted by Gasteiger charge is -2.10. The molecule has 3 heteroatoms. The fraction of sp³-hybridized carbons (Fsp3) is 0.250. The minimum atomic E-state index is -0.0532. The van der Waals surface area contributed by atoms with Gasteiger partial charge in [-0.15, -0.1) is 0 Å². The Bertz CT molecular complexity index is 416. The number of benzene rings is 1. The van der Waals surface area contributed by atoms with E-state index in [-0.39, 0.29) is 11.8 Å². The number of nitriles is 1. The first-order chi connectivity index (χ1) is 7.04. The molecule has 0 aromatic heterocycles. The SMILES string of the molecule is [CH2+]C(=[N-])c1ccc(OC(C)C)c(C#N)c1. The van der Waals surface area contributed by atoms with E-state index in [1.807, 2.05) is 19.9 Å². The molecule has 0 atom stereocenters. The number of rotatable bonds is 3. The van der Waals surface area contributed by atoms with Gasteiger partial charge in [-0.3, -0.25) is 0 Å². The van der Waals surface area contributed by atoms with Gasteiger partial charge in [-0.05, 0) is 13.8 Å². The van der Waals surface area contributed by atoms with Crippen molar-refractivity contribution in [2.24, 2.45) is 0 Å². The second-order valence-corrected chi connectivity index (χ2v) is 3.44. The van der Waals surface area contributed by atoms with Crippen molar-refractivity contribution in [3.8, 4) is 11.8 Å². The fourth-order valence-electron chi connectivity index (χ4n) is 1.15. The van der Waals surface area contributed by atoms with E-state index in [2.05, 4.69) is 6.92 Å². The van der Waals surface area contributed by atoms with Crippen LogP contribution in [0.5, 0.6) is 5.75 Å². The molecule has 0 aliphatic carbocycles. The smallest absolute Gasteiger partial charge is 0.141 e. The van der Waals surface area contributed by atoms with Crippen molar-refractivity contribution in [2.45, 2.75) is 20.0 Å². The lowest BCUT2D eigenvalue weighted by Crippen LogP contribution is -2.07. The van der Waals surface area contributed by atoms with Crippen LogP contribution in [0, 0.1) is 18.3 Å². The molecule has 76 valence electrons. The molecule has 0 saturated heterocycles. The molecule has 0 fully saturated rings. The summed E-state index contributed by atoms with van der Waals surface area (Å²) in [5.74, 6) is 0.525. The Morgan fingerprint density at radius 2 is 2.20 bits per heavy atom. The Hall–Kier alpha value is -1.95. The molecule has 0 bridgehead atoms. The predicted molar refractivity (Wildman–Crippen MR) is 59.7 cm³/mol. The topological polar surface area (TPSA) is 55.3 Å². The summed E-state index contributed by atoms with van der Waals surface area (Å²) < 4.78 is 5.44. The number of nitrogens with zero attached hydrogens (tertiary/aromatic N) is 2. The highest BCUT2D eigenvalue weighted by molar-refractivity contribution is 6.06. The first-order valence-corrected chi connectivity index (χ1v) is 4.63. The first-order valence-electron chi connectivity index (χ1n) is 4.63. The van der Waals surface area contributed by atoms with E-state index in [4.69, 9.17) is 10.00 Å². The predicted octanol–water partition coefficient (Wildman–Crippen LogP) is 2.54. The van der Waals surface area contributed by atoms with E-state index in [9.17, 15) is 5.41 Å². The molecule has 3 nitrogen and oxygen atoms in total. The third-order valence-corrected chi connectivity index (χ3v) is 1.80. The molecule has 15 heavy (non-hydrogen) atoms. The van der Waals surface area contributed by atoms with Crippen LogP contribution in [0.25, 0.3) is 5.41 Å². The zero-order valence-corrected chi connectivity index (χ0v) is 8.82. The average Bonchev–Trinajstić information content (AvgIpc) is 2.17. The summed E-state index contributed by atoms with van der Waals surface area (Å²) in [5, 5.41) is 18.1. The molecule has 1 aromatic rings. The van der Waals surface area contributed by atoms with Crippen molar-refractivity contribution in [1.82, 2.24) is 0 Å². The summed E-state index contributed by atoms with van der Waals surface area (Å²) in [6, 6.07) is 6.90. The molecule has 0 aliphatic rings. The van der Waals surface area contributed by atoms with Crippen LogP contribution in [0.4, 0.5) is 0 Å². The van der Waals surface area contributed by atoms with Crippen LogP contribution < -0.4 is 4.74 Å². The minimum Gasteiger partial charge on any atom is -0.765 e. The molecule has 0 N–H and O–H groups in total. The molecule has 0 heterocycles. The highest BCUT2D eigenvalue weighted by Crippen LogP contribution is 2.20. The maximum absolute atomic E-state index is 9.17. The maximum Gasteiger partial charge on any atom is 0.141 e. The standard InChI is InChI=1S/C12H12N2O/c1-8(2)15-12-5-4-10(9(3)14)6-11(12)7-13/h4-6,8H,3H2,1-2H3. The van der Waals surface area contributed by atoms with Gasteiger partial charge in [0.15, 0.2) is 0 Å². The van der Waals surface area contributed by atoms with Crippen LogP contribution in [0.2, 0.25) is 0 Å². The van der Waals surface area contributed by atoms with E-state index < -0.39 is 0 Å². The molecular formula is C12H12N2O. The molecule has 0 amide bonds.